The van der Waals surface area contributed by atoms with E-state index in [-0.39, 0.29) is 5.41 Å². The first-order valence-electron chi connectivity index (χ1n) is 6.47. The number of rotatable bonds is 3. The van der Waals surface area contributed by atoms with Gasteiger partial charge in [-0.1, -0.05) is 24.6 Å². The molecule has 1 aliphatic carbocycles. The largest absolute Gasteiger partial charge is 0.496 e. The summed E-state index contributed by atoms with van der Waals surface area (Å²) in [6, 6.07) is 4.27. The molecule has 1 aromatic carbocycles. The lowest BCUT2D eigenvalue weighted by atomic mass is 9.78. The zero-order valence-corrected chi connectivity index (χ0v) is 11.5. The minimum Gasteiger partial charge on any atom is -0.496 e. The van der Waals surface area contributed by atoms with Crippen LogP contribution < -0.4 is 15.2 Å². The van der Waals surface area contributed by atoms with Crippen LogP contribution >= 0.6 is 11.8 Å². The van der Waals surface area contributed by atoms with Crippen LogP contribution in [-0.2, 0) is 5.41 Å². The summed E-state index contributed by atoms with van der Waals surface area (Å²) in [6.45, 7) is 0.690. The minimum atomic E-state index is 0.0942. The Morgan fingerprint density at radius 1 is 1.39 bits per heavy atom. The van der Waals surface area contributed by atoms with Crippen LogP contribution in [0.5, 0.6) is 11.5 Å². The lowest BCUT2D eigenvalue weighted by molar-refractivity contribution is 0.365. The molecule has 0 atom stereocenters. The van der Waals surface area contributed by atoms with Crippen molar-refractivity contribution in [2.24, 2.45) is 5.73 Å². The highest BCUT2D eigenvalue weighted by Crippen LogP contribution is 2.49. The number of ether oxygens (including phenoxy) is 2. The fraction of sp³-hybridized carbons (Fsp3) is 0.571. The van der Waals surface area contributed by atoms with E-state index < -0.39 is 0 Å². The van der Waals surface area contributed by atoms with Gasteiger partial charge in [-0.25, -0.2) is 0 Å². The molecule has 0 unspecified atom stereocenters. The zero-order valence-electron chi connectivity index (χ0n) is 10.7. The Morgan fingerprint density at radius 2 is 2.17 bits per heavy atom. The van der Waals surface area contributed by atoms with Gasteiger partial charge in [0.05, 0.1) is 12.0 Å². The Balaban J connectivity index is 2.09. The van der Waals surface area contributed by atoms with Crippen molar-refractivity contribution < 1.29 is 9.47 Å². The van der Waals surface area contributed by atoms with Crippen molar-refractivity contribution >= 4 is 11.8 Å². The summed E-state index contributed by atoms with van der Waals surface area (Å²) in [7, 11) is 1.74. The van der Waals surface area contributed by atoms with E-state index in [4.69, 9.17) is 15.2 Å². The van der Waals surface area contributed by atoms with Crippen LogP contribution in [0.4, 0.5) is 0 Å². The van der Waals surface area contributed by atoms with Gasteiger partial charge in [-0.15, -0.1) is 0 Å². The monoisotopic (exact) mass is 265 g/mol. The third-order valence-corrected chi connectivity index (χ3v) is 5.08. The van der Waals surface area contributed by atoms with Crippen molar-refractivity contribution in [3.63, 3.8) is 0 Å². The maximum Gasteiger partial charge on any atom is 0.138 e. The molecule has 4 heteroatoms. The Hall–Kier alpha value is -0.870. The predicted molar refractivity (Wildman–Crippen MR) is 73.5 cm³/mol. The highest BCUT2D eigenvalue weighted by Gasteiger charge is 2.37. The maximum atomic E-state index is 6.07. The van der Waals surface area contributed by atoms with E-state index in [0.29, 0.717) is 12.5 Å². The number of benzene rings is 1. The molecule has 0 amide bonds. The molecule has 1 heterocycles. The van der Waals surface area contributed by atoms with E-state index in [1.54, 1.807) is 18.9 Å². The molecule has 0 spiro atoms. The third-order valence-electron chi connectivity index (χ3n) is 4.22. The van der Waals surface area contributed by atoms with Gasteiger partial charge in [0.25, 0.3) is 0 Å². The van der Waals surface area contributed by atoms with Gasteiger partial charge in [0.15, 0.2) is 0 Å². The van der Waals surface area contributed by atoms with Crippen molar-refractivity contribution in [1.29, 1.82) is 0 Å². The van der Waals surface area contributed by atoms with Gasteiger partial charge >= 0.3 is 0 Å². The molecule has 3 nitrogen and oxygen atoms in total. The molecule has 0 radical (unpaired) electrons. The average Bonchev–Trinajstić information content (AvgIpc) is 3.06. The number of methoxy groups -OCH3 is 1. The molecule has 98 valence electrons. The SMILES string of the molecule is COc1cc2c(cc1C1(CN)CCCC1)OCS2. The molecule has 2 aliphatic rings. The molecule has 1 aromatic rings. The molecule has 0 bridgehead atoms. The normalized spacial score (nSPS) is 20.6. The Kier molecular flexibility index (Phi) is 3.16. The van der Waals surface area contributed by atoms with Gasteiger partial charge in [-0.2, -0.15) is 0 Å². The van der Waals surface area contributed by atoms with Crippen LogP contribution in [-0.4, -0.2) is 19.6 Å². The quantitative estimate of drug-likeness (QED) is 0.912. The summed E-state index contributed by atoms with van der Waals surface area (Å²) in [4.78, 5) is 1.18. The topological polar surface area (TPSA) is 44.5 Å². The Morgan fingerprint density at radius 3 is 2.83 bits per heavy atom. The summed E-state index contributed by atoms with van der Waals surface area (Å²) in [5, 5.41) is 0. The molecule has 2 N–H and O–H groups in total. The molecule has 1 fully saturated rings. The average molecular weight is 265 g/mol. The second-order valence-electron chi connectivity index (χ2n) is 5.10. The molecule has 18 heavy (non-hydrogen) atoms. The maximum absolute atomic E-state index is 6.07. The Bertz CT molecular complexity index is 455. The molecule has 1 aliphatic heterocycles. The Labute approximate surface area is 112 Å². The zero-order chi connectivity index (χ0) is 12.6. The van der Waals surface area contributed by atoms with Crippen LogP contribution in [0.1, 0.15) is 31.2 Å². The van der Waals surface area contributed by atoms with Gasteiger partial charge in [0.2, 0.25) is 0 Å². The number of thioether (sulfide) groups is 1. The number of nitrogens with two attached hydrogens (primary N) is 1. The molecular weight excluding hydrogens is 246 g/mol. The van der Waals surface area contributed by atoms with Gasteiger partial charge in [-0.05, 0) is 25.0 Å². The third kappa shape index (κ3) is 1.79. The number of hydrogen-bond donors (Lipinski definition) is 1. The van der Waals surface area contributed by atoms with E-state index in [9.17, 15) is 0 Å². The van der Waals surface area contributed by atoms with E-state index >= 15 is 0 Å². The van der Waals surface area contributed by atoms with E-state index in [0.717, 1.165) is 24.3 Å². The highest BCUT2D eigenvalue weighted by atomic mass is 32.2. The molecule has 1 saturated carbocycles. The fourth-order valence-corrected chi connectivity index (χ4v) is 3.91. The standard InChI is InChI=1S/C14H19NO2S/c1-16-11-7-13-12(17-9-18-13)6-10(11)14(8-15)4-2-3-5-14/h6-7H,2-5,8-9,15H2,1H3. The molecular formula is C14H19NO2S. The smallest absolute Gasteiger partial charge is 0.138 e. The molecule has 3 rings (SSSR count). The van der Waals surface area contributed by atoms with Crippen LogP contribution in [0, 0.1) is 0 Å². The van der Waals surface area contributed by atoms with Crippen LogP contribution in [0.2, 0.25) is 0 Å². The van der Waals surface area contributed by atoms with E-state index in [1.165, 1.54) is 23.3 Å². The summed E-state index contributed by atoms with van der Waals surface area (Å²) >= 11 is 1.72. The molecule has 0 saturated heterocycles. The van der Waals surface area contributed by atoms with E-state index in [2.05, 4.69) is 12.1 Å². The number of fused-ring (bicyclic) bond motifs is 1. The van der Waals surface area contributed by atoms with Gasteiger partial charge in [-0.3, -0.25) is 0 Å². The van der Waals surface area contributed by atoms with Crippen LogP contribution in [0.25, 0.3) is 0 Å². The van der Waals surface area contributed by atoms with Crippen molar-refractivity contribution in [2.75, 3.05) is 19.6 Å². The lowest BCUT2D eigenvalue weighted by Gasteiger charge is -2.29. The van der Waals surface area contributed by atoms with Gasteiger partial charge in [0.1, 0.15) is 17.4 Å². The van der Waals surface area contributed by atoms with Crippen molar-refractivity contribution in [3.8, 4) is 11.5 Å². The molecule has 0 aromatic heterocycles. The first-order valence-corrected chi connectivity index (χ1v) is 7.46. The fourth-order valence-electron chi connectivity index (χ4n) is 3.14. The summed E-state index contributed by atoms with van der Waals surface area (Å²) in [6.07, 6.45) is 4.83. The summed E-state index contributed by atoms with van der Waals surface area (Å²) in [5.74, 6) is 2.67. The first-order chi connectivity index (χ1) is 8.79. The van der Waals surface area contributed by atoms with Crippen molar-refractivity contribution in [1.82, 2.24) is 0 Å². The van der Waals surface area contributed by atoms with Crippen molar-refractivity contribution in [3.05, 3.63) is 17.7 Å². The lowest BCUT2D eigenvalue weighted by Crippen LogP contribution is -2.32. The van der Waals surface area contributed by atoms with E-state index in [1.807, 2.05) is 0 Å². The second kappa shape index (κ2) is 4.67. The number of hydrogen-bond acceptors (Lipinski definition) is 4. The van der Waals surface area contributed by atoms with Crippen LogP contribution in [0.3, 0.4) is 0 Å². The highest BCUT2D eigenvalue weighted by molar-refractivity contribution is 7.99. The van der Waals surface area contributed by atoms with Crippen molar-refractivity contribution in [2.45, 2.75) is 36.0 Å². The predicted octanol–water partition coefficient (Wildman–Crippen LogP) is 2.91. The summed E-state index contributed by atoms with van der Waals surface area (Å²) < 4.78 is 11.2. The second-order valence-corrected chi connectivity index (χ2v) is 6.06. The van der Waals surface area contributed by atoms with Gasteiger partial charge in [0, 0.05) is 17.5 Å². The van der Waals surface area contributed by atoms with Gasteiger partial charge < -0.3 is 15.2 Å². The van der Waals surface area contributed by atoms with Crippen LogP contribution in [0.15, 0.2) is 17.0 Å². The summed E-state index contributed by atoms with van der Waals surface area (Å²) in [5.41, 5.74) is 7.40. The first kappa shape index (κ1) is 12.2. The minimum absolute atomic E-state index is 0.0942.